The van der Waals surface area contributed by atoms with Gasteiger partial charge in [0.15, 0.2) is 0 Å². The highest BCUT2D eigenvalue weighted by Crippen LogP contribution is 2.11. The number of nitrogens with one attached hydrogen (secondary N) is 1. The Bertz CT molecular complexity index is 511. The summed E-state index contributed by atoms with van der Waals surface area (Å²) in [6.07, 6.45) is 1.77. The Morgan fingerprint density at radius 3 is 2.62 bits per heavy atom. The molecule has 1 aromatic rings. The molecule has 2 amide bonds. The quantitative estimate of drug-likeness (QED) is 0.857. The average Bonchev–Trinajstić information content (AvgIpc) is 2.89. The largest absolute Gasteiger partial charge is 0.480 e. The Balaban J connectivity index is 1.76. The maximum absolute atomic E-state index is 12.1. The van der Waals surface area contributed by atoms with Crippen LogP contribution in [0.4, 0.5) is 4.79 Å². The van der Waals surface area contributed by atoms with E-state index in [1.807, 2.05) is 11.8 Å². The van der Waals surface area contributed by atoms with Crippen molar-refractivity contribution >= 4 is 23.3 Å². The molecule has 0 aromatic carbocycles. The molecular weight excluding hydrogens is 292 g/mol. The van der Waals surface area contributed by atoms with Crippen LogP contribution in [0.3, 0.4) is 0 Å². The zero-order valence-electron chi connectivity index (χ0n) is 12.2. The summed E-state index contributed by atoms with van der Waals surface area (Å²) in [5, 5.41) is 12.8. The van der Waals surface area contributed by atoms with Gasteiger partial charge in [-0.1, -0.05) is 0 Å². The first-order valence-corrected chi connectivity index (χ1v) is 7.70. The van der Waals surface area contributed by atoms with Gasteiger partial charge in [0, 0.05) is 37.3 Å². The Morgan fingerprint density at radius 1 is 1.43 bits per heavy atom. The van der Waals surface area contributed by atoms with Crippen molar-refractivity contribution in [1.82, 2.24) is 20.1 Å². The van der Waals surface area contributed by atoms with Gasteiger partial charge in [-0.15, -0.1) is 11.3 Å². The van der Waals surface area contributed by atoms with Crippen LogP contribution in [0, 0.1) is 6.92 Å². The van der Waals surface area contributed by atoms with Crippen LogP contribution in [0.1, 0.15) is 16.8 Å². The van der Waals surface area contributed by atoms with Crippen LogP contribution in [0.25, 0.3) is 0 Å². The summed E-state index contributed by atoms with van der Waals surface area (Å²) >= 11 is 1.57. The van der Waals surface area contributed by atoms with Crippen molar-refractivity contribution < 1.29 is 14.7 Å². The molecule has 1 saturated heterocycles. The molecule has 0 bridgehead atoms. The van der Waals surface area contributed by atoms with E-state index in [0.717, 1.165) is 9.88 Å². The fourth-order valence-corrected chi connectivity index (χ4v) is 2.96. The Hall–Kier alpha value is -1.67. The minimum atomic E-state index is -0.825. The van der Waals surface area contributed by atoms with Crippen molar-refractivity contribution in [2.24, 2.45) is 0 Å². The Labute approximate surface area is 127 Å². The second-order valence-electron chi connectivity index (χ2n) is 5.04. The number of hydrogen-bond acceptors (Lipinski definition) is 5. The topological polar surface area (TPSA) is 85.8 Å². The standard InChI is InChI=1S/C13H20N4O3S/c1-9(12(18)19)16-3-5-17(6-4-16)13(20)15-8-11-7-14-10(2)21-11/h7,9H,3-6,8H2,1-2H3,(H,15,20)(H,18,19). The lowest BCUT2D eigenvalue weighted by molar-refractivity contribution is -0.143. The normalized spacial score (nSPS) is 17.5. The molecule has 7 nitrogen and oxygen atoms in total. The molecule has 0 aliphatic carbocycles. The van der Waals surface area contributed by atoms with Crippen LogP contribution in [0.15, 0.2) is 6.20 Å². The number of thiazole rings is 1. The number of carbonyl (C=O) groups is 2. The summed E-state index contributed by atoms with van der Waals surface area (Å²) in [7, 11) is 0. The van der Waals surface area contributed by atoms with E-state index in [-0.39, 0.29) is 6.03 Å². The number of aromatic nitrogens is 1. The van der Waals surface area contributed by atoms with Crippen molar-refractivity contribution in [1.29, 1.82) is 0 Å². The van der Waals surface area contributed by atoms with Crippen LogP contribution in [0.2, 0.25) is 0 Å². The first kappa shape index (κ1) is 15.7. The molecule has 1 unspecified atom stereocenters. The maximum atomic E-state index is 12.1. The summed E-state index contributed by atoms with van der Waals surface area (Å²) in [4.78, 5) is 31.8. The Kier molecular flexibility index (Phi) is 5.13. The van der Waals surface area contributed by atoms with Crippen molar-refractivity contribution in [3.63, 3.8) is 0 Å². The van der Waals surface area contributed by atoms with Crippen LogP contribution in [0.5, 0.6) is 0 Å². The third kappa shape index (κ3) is 4.15. The number of amides is 2. The highest BCUT2D eigenvalue weighted by molar-refractivity contribution is 7.11. The number of carboxylic acid groups (broad SMARTS) is 1. The molecule has 8 heteroatoms. The van der Waals surface area contributed by atoms with Crippen molar-refractivity contribution in [3.8, 4) is 0 Å². The number of aliphatic carboxylic acids is 1. The highest BCUT2D eigenvalue weighted by atomic mass is 32.1. The van der Waals surface area contributed by atoms with Crippen LogP contribution < -0.4 is 5.32 Å². The van der Waals surface area contributed by atoms with Gasteiger partial charge in [0.1, 0.15) is 6.04 Å². The first-order valence-electron chi connectivity index (χ1n) is 6.88. The summed E-state index contributed by atoms with van der Waals surface area (Å²) in [5.74, 6) is -0.825. The van der Waals surface area contributed by atoms with Crippen molar-refractivity contribution in [2.45, 2.75) is 26.4 Å². The lowest BCUT2D eigenvalue weighted by Crippen LogP contribution is -2.54. The second kappa shape index (κ2) is 6.86. The van der Waals surface area contributed by atoms with Gasteiger partial charge in [0.05, 0.1) is 11.6 Å². The maximum Gasteiger partial charge on any atom is 0.320 e. The molecule has 1 aliphatic rings. The SMILES string of the molecule is Cc1ncc(CNC(=O)N2CCN(C(C)C(=O)O)CC2)s1. The molecular formula is C13H20N4O3S. The molecule has 0 spiro atoms. The van der Waals surface area contributed by atoms with E-state index in [9.17, 15) is 9.59 Å². The molecule has 0 radical (unpaired) electrons. The van der Waals surface area contributed by atoms with E-state index in [0.29, 0.717) is 32.7 Å². The van der Waals surface area contributed by atoms with E-state index in [1.54, 1.807) is 29.4 Å². The predicted molar refractivity (Wildman–Crippen MR) is 79.3 cm³/mol. The number of nitrogens with zero attached hydrogens (tertiary/aromatic N) is 3. The molecule has 1 atom stereocenters. The number of carbonyl (C=O) groups excluding carboxylic acids is 1. The van der Waals surface area contributed by atoms with Gasteiger partial charge in [-0.25, -0.2) is 9.78 Å². The first-order chi connectivity index (χ1) is 9.97. The zero-order valence-corrected chi connectivity index (χ0v) is 13.0. The fraction of sp³-hybridized carbons (Fsp3) is 0.615. The summed E-state index contributed by atoms with van der Waals surface area (Å²) in [6.45, 7) is 6.34. The number of rotatable bonds is 4. The molecule has 2 heterocycles. The lowest BCUT2D eigenvalue weighted by Gasteiger charge is -2.36. The fourth-order valence-electron chi connectivity index (χ4n) is 2.23. The molecule has 1 fully saturated rings. The van der Waals surface area contributed by atoms with Crippen molar-refractivity contribution in [2.75, 3.05) is 26.2 Å². The second-order valence-corrected chi connectivity index (χ2v) is 6.36. The van der Waals surface area contributed by atoms with Crippen molar-refractivity contribution in [3.05, 3.63) is 16.1 Å². The smallest absolute Gasteiger partial charge is 0.320 e. The minimum Gasteiger partial charge on any atom is -0.480 e. The summed E-state index contributed by atoms with van der Waals surface area (Å²) in [6, 6.07) is -0.612. The number of urea groups is 1. The van der Waals surface area contributed by atoms with Gasteiger partial charge < -0.3 is 15.3 Å². The van der Waals surface area contributed by atoms with E-state index in [4.69, 9.17) is 5.11 Å². The molecule has 1 aliphatic heterocycles. The Morgan fingerprint density at radius 2 is 2.10 bits per heavy atom. The van der Waals surface area contributed by atoms with Crippen LogP contribution in [-0.2, 0) is 11.3 Å². The molecule has 116 valence electrons. The molecule has 1 aromatic heterocycles. The third-order valence-electron chi connectivity index (χ3n) is 3.59. The van der Waals surface area contributed by atoms with Crippen LogP contribution >= 0.6 is 11.3 Å². The number of hydrogen-bond donors (Lipinski definition) is 2. The van der Waals surface area contributed by atoms with Gasteiger partial charge >= 0.3 is 12.0 Å². The molecule has 2 rings (SSSR count). The van der Waals surface area contributed by atoms with Gasteiger partial charge in [0.25, 0.3) is 0 Å². The van der Waals surface area contributed by atoms with Gasteiger partial charge in [-0.05, 0) is 13.8 Å². The third-order valence-corrected chi connectivity index (χ3v) is 4.50. The summed E-state index contributed by atoms with van der Waals surface area (Å²) in [5.41, 5.74) is 0. The predicted octanol–water partition coefficient (Wildman–Crippen LogP) is 0.752. The van der Waals surface area contributed by atoms with Gasteiger partial charge in [-0.3, -0.25) is 9.69 Å². The van der Waals surface area contributed by atoms with Gasteiger partial charge in [0.2, 0.25) is 0 Å². The zero-order chi connectivity index (χ0) is 15.4. The van der Waals surface area contributed by atoms with E-state index < -0.39 is 12.0 Å². The molecule has 21 heavy (non-hydrogen) atoms. The highest BCUT2D eigenvalue weighted by Gasteiger charge is 2.26. The molecule has 2 N–H and O–H groups in total. The summed E-state index contributed by atoms with van der Waals surface area (Å²) < 4.78 is 0. The van der Waals surface area contributed by atoms with Gasteiger partial charge in [-0.2, -0.15) is 0 Å². The number of carboxylic acids is 1. The molecule has 0 saturated carbocycles. The minimum absolute atomic E-state index is 0.108. The van der Waals surface area contributed by atoms with Crippen LogP contribution in [-0.4, -0.2) is 64.1 Å². The number of piperazine rings is 1. The van der Waals surface area contributed by atoms with E-state index >= 15 is 0 Å². The monoisotopic (exact) mass is 312 g/mol. The number of aryl methyl sites for hydroxylation is 1. The van der Waals surface area contributed by atoms with E-state index in [1.165, 1.54) is 0 Å². The average molecular weight is 312 g/mol. The lowest BCUT2D eigenvalue weighted by atomic mass is 10.2. The van der Waals surface area contributed by atoms with E-state index in [2.05, 4.69) is 10.3 Å².